The topological polar surface area (TPSA) is 75.7 Å². The van der Waals surface area contributed by atoms with Gasteiger partial charge in [-0.05, 0) is 30.2 Å². The Morgan fingerprint density at radius 2 is 1.88 bits per heavy atom. The first-order valence-corrected chi connectivity index (χ1v) is 11.8. The summed E-state index contributed by atoms with van der Waals surface area (Å²) in [7, 11) is 3.08. The van der Waals surface area contributed by atoms with Gasteiger partial charge in [0.1, 0.15) is 6.04 Å². The van der Waals surface area contributed by atoms with Crippen LogP contribution in [0.4, 0.5) is 0 Å². The minimum atomic E-state index is -0.789. The molecule has 2 rings (SSSR count). The lowest BCUT2D eigenvalue weighted by Crippen LogP contribution is -2.43. The van der Waals surface area contributed by atoms with Crippen LogP contribution in [0.2, 0.25) is 0 Å². The molecule has 0 aliphatic heterocycles. The van der Waals surface area contributed by atoms with Gasteiger partial charge >= 0.3 is 5.97 Å². The molecule has 0 fully saturated rings. The number of hydrogen-bond donors (Lipinski definition) is 1. The molecule has 0 spiro atoms. The molecule has 0 heterocycles. The molecule has 0 saturated carbocycles. The molecular formula is C25H27IN2O4. The zero-order valence-electron chi connectivity index (χ0n) is 18.3. The van der Waals surface area contributed by atoms with Crippen molar-refractivity contribution in [2.75, 3.05) is 18.7 Å². The standard InChI is InChI=1S/C25H27IN2O4/c1-28(18-26)23(29)15-8-4-7-10-19-13-9-14-21(16-19)24(30)27-22(25(31)32-2)17-20-11-5-3-6-12-20/h3,5-6,9,11-14,16,22H,4,8,15,17-18H2,1-2H3,(H,27,30)/t22-/m1/s1. The number of carbonyl (C=O) groups is 3. The molecule has 0 aromatic heterocycles. The van der Waals surface area contributed by atoms with Crippen molar-refractivity contribution in [3.05, 3.63) is 71.3 Å². The third-order valence-electron chi connectivity index (χ3n) is 4.73. The normalized spacial score (nSPS) is 11.0. The molecule has 7 heteroatoms. The van der Waals surface area contributed by atoms with Crippen molar-refractivity contribution in [3.63, 3.8) is 0 Å². The van der Waals surface area contributed by atoms with Crippen LogP contribution >= 0.6 is 22.6 Å². The highest BCUT2D eigenvalue weighted by molar-refractivity contribution is 14.1. The summed E-state index contributed by atoms with van der Waals surface area (Å²) in [5, 5.41) is 2.76. The van der Waals surface area contributed by atoms with Crippen LogP contribution in [0.3, 0.4) is 0 Å². The molecule has 0 radical (unpaired) electrons. The molecule has 32 heavy (non-hydrogen) atoms. The van der Waals surface area contributed by atoms with Gasteiger partial charge in [0, 0.05) is 37.4 Å². The monoisotopic (exact) mass is 546 g/mol. The molecule has 0 saturated heterocycles. The van der Waals surface area contributed by atoms with E-state index in [1.807, 2.05) is 36.4 Å². The van der Waals surface area contributed by atoms with Crippen LogP contribution in [0.5, 0.6) is 0 Å². The van der Waals surface area contributed by atoms with E-state index in [2.05, 4.69) is 39.7 Å². The Morgan fingerprint density at radius 3 is 2.56 bits per heavy atom. The second-order valence-corrected chi connectivity index (χ2v) is 7.87. The SMILES string of the molecule is COC(=O)[C@@H](Cc1ccccc1)NC(=O)c1cccc(C#CCCCC(=O)N(C)CI)c1. The quantitative estimate of drug-likeness (QED) is 0.130. The van der Waals surface area contributed by atoms with Crippen LogP contribution in [0.15, 0.2) is 54.6 Å². The fourth-order valence-electron chi connectivity index (χ4n) is 2.92. The lowest BCUT2D eigenvalue weighted by atomic mass is 10.0. The van der Waals surface area contributed by atoms with Gasteiger partial charge in [-0.3, -0.25) is 9.59 Å². The smallest absolute Gasteiger partial charge is 0.328 e. The lowest BCUT2D eigenvalue weighted by Gasteiger charge is -2.16. The van der Waals surface area contributed by atoms with Gasteiger partial charge in [0.25, 0.3) is 5.91 Å². The second kappa shape index (κ2) is 13.5. The molecule has 2 amide bonds. The number of carbonyl (C=O) groups excluding carboxylic acids is 3. The predicted molar refractivity (Wildman–Crippen MR) is 132 cm³/mol. The number of alkyl halides is 1. The number of nitrogens with one attached hydrogen (secondary N) is 1. The van der Waals surface area contributed by atoms with Crippen molar-refractivity contribution in [3.8, 4) is 11.8 Å². The van der Waals surface area contributed by atoms with Gasteiger partial charge < -0.3 is 15.0 Å². The molecule has 6 nitrogen and oxygen atoms in total. The number of methoxy groups -OCH3 is 1. The third kappa shape index (κ3) is 8.35. The zero-order valence-corrected chi connectivity index (χ0v) is 20.4. The van der Waals surface area contributed by atoms with Crippen molar-refractivity contribution in [1.29, 1.82) is 0 Å². The Bertz CT molecular complexity index is 982. The number of hydrogen-bond acceptors (Lipinski definition) is 4. The molecule has 0 unspecified atom stereocenters. The predicted octanol–water partition coefficient (Wildman–Crippen LogP) is 3.57. The first-order chi connectivity index (χ1) is 15.4. The number of benzene rings is 2. The second-order valence-electron chi connectivity index (χ2n) is 7.19. The average molecular weight is 546 g/mol. The Kier molecular flexibility index (Phi) is 10.7. The summed E-state index contributed by atoms with van der Waals surface area (Å²) in [6, 6.07) is 15.6. The summed E-state index contributed by atoms with van der Waals surface area (Å²) < 4.78 is 5.52. The van der Waals surface area contributed by atoms with Crippen LogP contribution in [-0.4, -0.2) is 47.4 Å². The minimum absolute atomic E-state index is 0.107. The van der Waals surface area contributed by atoms with E-state index in [1.165, 1.54) is 7.11 Å². The van der Waals surface area contributed by atoms with Gasteiger partial charge in [-0.2, -0.15) is 0 Å². The van der Waals surface area contributed by atoms with Gasteiger partial charge in [-0.1, -0.05) is 70.8 Å². The highest BCUT2D eigenvalue weighted by Crippen LogP contribution is 2.09. The fraction of sp³-hybridized carbons (Fsp3) is 0.320. The molecule has 0 aliphatic rings. The first kappa shape index (κ1) is 25.4. The summed E-state index contributed by atoms with van der Waals surface area (Å²) in [5.74, 6) is 5.33. The van der Waals surface area contributed by atoms with Gasteiger partial charge in [-0.15, -0.1) is 0 Å². The van der Waals surface area contributed by atoms with Gasteiger partial charge in [0.05, 0.1) is 11.7 Å². The highest BCUT2D eigenvalue weighted by atomic mass is 127. The summed E-state index contributed by atoms with van der Waals surface area (Å²) >= 11 is 2.15. The van der Waals surface area contributed by atoms with E-state index >= 15 is 0 Å². The molecule has 1 atom stereocenters. The first-order valence-electron chi connectivity index (χ1n) is 10.3. The third-order valence-corrected chi connectivity index (χ3v) is 5.75. The van der Waals surface area contributed by atoms with Gasteiger partial charge in [0.15, 0.2) is 0 Å². The van der Waals surface area contributed by atoms with Gasteiger partial charge in [0.2, 0.25) is 5.91 Å². The van der Waals surface area contributed by atoms with E-state index in [0.29, 0.717) is 41.4 Å². The van der Waals surface area contributed by atoms with Gasteiger partial charge in [-0.25, -0.2) is 4.79 Å². The molecule has 168 valence electrons. The zero-order chi connectivity index (χ0) is 23.3. The van der Waals surface area contributed by atoms with Crippen LogP contribution in [0.1, 0.15) is 40.7 Å². The van der Waals surface area contributed by atoms with Crippen LogP contribution in [-0.2, 0) is 20.7 Å². The number of amides is 2. The van der Waals surface area contributed by atoms with E-state index in [-0.39, 0.29) is 11.8 Å². The maximum absolute atomic E-state index is 12.8. The van der Waals surface area contributed by atoms with Crippen molar-refractivity contribution >= 4 is 40.4 Å². The maximum atomic E-state index is 12.8. The lowest BCUT2D eigenvalue weighted by molar-refractivity contribution is -0.142. The Labute approximate surface area is 202 Å². The van der Waals surface area contributed by atoms with E-state index in [0.717, 1.165) is 5.56 Å². The summed E-state index contributed by atoms with van der Waals surface area (Å²) in [4.78, 5) is 38.4. The van der Waals surface area contributed by atoms with Crippen LogP contribution in [0, 0.1) is 11.8 Å². The van der Waals surface area contributed by atoms with Crippen molar-refractivity contribution in [2.45, 2.75) is 31.7 Å². The van der Waals surface area contributed by atoms with E-state index in [9.17, 15) is 14.4 Å². The summed E-state index contributed by atoms with van der Waals surface area (Å²) in [5.41, 5.74) is 2.04. The van der Waals surface area contributed by atoms with Crippen molar-refractivity contribution in [1.82, 2.24) is 10.2 Å². The number of halogens is 1. The molecule has 2 aromatic carbocycles. The van der Waals surface area contributed by atoms with Crippen molar-refractivity contribution < 1.29 is 19.1 Å². The average Bonchev–Trinajstić information content (AvgIpc) is 2.83. The van der Waals surface area contributed by atoms with E-state index in [1.54, 1.807) is 30.1 Å². The Hall–Kier alpha value is -2.86. The summed E-state index contributed by atoms with van der Waals surface area (Å²) in [6.45, 7) is 0. The number of unbranched alkanes of at least 4 members (excludes halogenated alkanes) is 1. The summed E-state index contributed by atoms with van der Waals surface area (Å²) in [6.07, 6.45) is 2.09. The molecule has 0 bridgehead atoms. The number of nitrogens with zero attached hydrogens (tertiary/aromatic N) is 1. The highest BCUT2D eigenvalue weighted by Gasteiger charge is 2.22. The number of ether oxygens (including phenoxy) is 1. The van der Waals surface area contributed by atoms with Crippen LogP contribution in [0.25, 0.3) is 0 Å². The van der Waals surface area contributed by atoms with Crippen LogP contribution < -0.4 is 5.32 Å². The Balaban J connectivity index is 1.98. The Morgan fingerprint density at radius 1 is 1.12 bits per heavy atom. The largest absolute Gasteiger partial charge is 0.467 e. The molecule has 2 aromatic rings. The molecule has 0 aliphatic carbocycles. The number of rotatable bonds is 9. The van der Waals surface area contributed by atoms with E-state index in [4.69, 9.17) is 4.74 Å². The molecular weight excluding hydrogens is 519 g/mol. The minimum Gasteiger partial charge on any atom is -0.467 e. The van der Waals surface area contributed by atoms with Crippen molar-refractivity contribution in [2.24, 2.45) is 0 Å². The number of esters is 1. The molecule has 1 N–H and O–H groups in total. The fourth-order valence-corrected chi connectivity index (χ4v) is 3.30. The van der Waals surface area contributed by atoms with E-state index < -0.39 is 12.0 Å². The maximum Gasteiger partial charge on any atom is 0.328 e.